The number of aromatic nitrogens is 2. The molecule has 2 atom stereocenters. The van der Waals surface area contributed by atoms with Crippen LogP contribution in [-0.2, 0) is 4.79 Å². The van der Waals surface area contributed by atoms with E-state index in [0.29, 0.717) is 17.1 Å². The fraction of sp³-hybridized carbons (Fsp3) is 0.500. The van der Waals surface area contributed by atoms with E-state index in [1.54, 1.807) is 0 Å². The van der Waals surface area contributed by atoms with Crippen LogP contribution in [0.1, 0.15) is 68.4 Å². The molecule has 26 heavy (non-hydrogen) atoms. The molecular weight excluding hydrogens is 346 g/mol. The number of hydrogen-bond donors (Lipinski definition) is 2. The maximum Gasteiger partial charge on any atom is 0.270 e. The summed E-state index contributed by atoms with van der Waals surface area (Å²) in [6, 6.07) is 10.1. The zero-order valence-electron chi connectivity index (χ0n) is 15.5. The second kappa shape index (κ2) is 8.62. The Hall–Kier alpha value is -1.95. The van der Waals surface area contributed by atoms with E-state index in [0.717, 1.165) is 18.4 Å². The van der Waals surface area contributed by atoms with Crippen LogP contribution in [0, 0.1) is 0 Å². The van der Waals surface area contributed by atoms with Crippen LogP contribution in [0.5, 0.6) is 0 Å². The van der Waals surface area contributed by atoms with Crippen molar-refractivity contribution >= 4 is 23.5 Å². The van der Waals surface area contributed by atoms with Gasteiger partial charge in [-0.3, -0.25) is 19.4 Å². The molecule has 140 valence electrons. The highest BCUT2D eigenvalue weighted by molar-refractivity contribution is 8.00. The predicted molar refractivity (Wildman–Crippen MR) is 108 cm³/mol. The van der Waals surface area contributed by atoms with Crippen LogP contribution >= 0.6 is 11.8 Å². The molecule has 1 amide bonds. The molecule has 1 aromatic heterocycles. The summed E-state index contributed by atoms with van der Waals surface area (Å²) in [6.07, 6.45) is 5.74. The van der Waals surface area contributed by atoms with Crippen LogP contribution in [0.4, 0.5) is 5.82 Å². The van der Waals surface area contributed by atoms with Crippen molar-refractivity contribution in [3.8, 4) is 0 Å². The Morgan fingerprint density at radius 3 is 2.69 bits per heavy atom. The fourth-order valence-electron chi connectivity index (χ4n) is 3.46. The van der Waals surface area contributed by atoms with Crippen molar-refractivity contribution in [3.05, 3.63) is 51.8 Å². The van der Waals surface area contributed by atoms with E-state index in [2.05, 4.69) is 24.3 Å². The molecule has 3 rings (SSSR count). The van der Waals surface area contributed by atoms with Gasteiger partial charge in [0.2, 0.25) is 5.91 Å². The van der Waals surface area contributed by atoms with Crippen molar-refractivity contribution in [1.82, 2.24) is 9.78 Å². The standard InChI is InChI=1S/C20H27N3O2S/c1-3-4-5-7-10-14(2)23-19-17(20(25)22-23)18(26-13-16(24)21-19)15-11-8-6-9-12-15/h6,8-9,11-12,14,18H,3-5,7,10,13H2,1-2H3,(H,21,24)(H,22,25)/t14-,18+/m0/s1. The van der Waals surface area contributed by atoms with E-state index in [9.17, 15) is 9.59 Å². The predicted octanol–water partition coefficient (Wildman–Crippen LogP) is 4.48. The van der Waals surface area contributed by atoms with E-state index >= 15 is 0 Å². The molecule has 0 unspecified atom stereocenters. The molecule has 1 aliphatic heterocycles. The maximum atomic E-state index is 12.8. The van der Waals surface area contributed by atoms with Crippen LogP contribution in [0.3, 0.4) is 0 Å². The average molecular weight is 374 g/mol. The van der Waals surface area contributed by atoms with Gasteiger partial charge in [-0.15, -0.1) is 11.8 Å². The zero-order chi connectivity index (χ0) is 18.5. The molecule has 2 aromatic rings. The number of benzene rings is 1. The molecule has 0 saturated heterocycles. The van der Waals surface area contributed by atoms with Crippen LogP contribution < -0.4 is 10.9 Å². The first kappa shape index (κ1) is 18.8. The van der Waals surface area contributed by atoms with E-state index in [1.165, 1.54) is 31.0 Å². The van der Waals surface area contributed by atoms with Gasteiger partial charge in [-0.2, -0.15) is 0 Å². The van der Waals surface area contributed by atoms with Gasteiger partial charge in [0, 0.05) is 6.04 Å². The molecule has 1 aliphatic rings. The molecular formula is C20H27N3O2S. The highest BCUT2D eigenvalue weighted by atomic mass is 32.2. The highest BCUT2D eigenvalue weighted by Gasteiger charge is 2.31. The minimum atomic E-state index is -0.137. The lowest BCUT2D eigenvalue weighted by atomic mass is 10.1. The molecule has 1 aromatic carbocycles. The smallest absolute Gasteiger partial charge is 0.270 e. The number of unbranched alkanes of at least 4 members (excludes halogenated alkanes) is 3. The van der Waals surface area contributed by atoms with Crippen LogP contribution in [0.2, 0.25) is 0 Å². The second-order valence-corrected chi connectivity index (χ2v) is 8.01. The molecule has 0 radical (unpaired) electrons. The van der Waals surface area contributed by atoms with Crippen molar-refractivity contribution in [2.24, 2.45) is 0 Å². The Morgan fingerprint density at radius 2 is 1.96 bits per heavy atom. The number of rotatable bonds is 7. The van der Waals surface area contributed by atoms with E-state index in [4.69, 9.17) is 0 Å². The summed E-state index contributed by atoms with van der Waals surface area (Å²) in [7, 11) is 0. The normalized spacial score (nSPS) is 18.1. The maximum absolute atomic E-state index is 12.8. The van der Waals surface area contributed by atoms with Crippen molar-refractivity contribution in [2.45, 2.75) is 57.2 Å². The van der Waals surface area contributed by atoms with E-state index in [-0.39, 0.29) is 22.8 Å². The largest absolute Gasteiger partial charge is 0.310 e. The minimum absolute atomic E-state index is 0.0550. The summed E-state index contributed by atoms with van der Waals surface area (Å²) in [5, 5.41) is 5.81. The summed E-state index contributed by atoms with van der Waals surface area (Å²) < 4.78 is 1.86. The lowest BCUT2D eigenvalue weighted by molar-refractivity contribution is -0.113. The number of fused-ring (bicyclic) bond motifs is 1. The lowest BCUT2D eigenvalue weighted by Gasteiger charge is -2.17. The number of carbonyl (C=O) groups excluding carboxylic acids is 1. The summed E-state index contributed by atoms with van der Waals surface area (Å²) in [4.78, 5) is 25.0. The highest BCUT2D eigenvalue weighted by Crippen LogP contribution is 2.40. The molecule has 2 N–H and O–H groups in total. The summed E-state index contributed by atoms with van der Waals surface area (Å²) in [5.41, 5.74) is 1.60. The Morgan fingerprint density at radius 1 is 1.19 bits per heavy atom. The number of nitrogens with one attached hydrogen (secondary N) is 2. The molecule has 5 nitrogen and oxygen atoms in total. The third-order valence-corrected chi connectivity index (χ3v) is 6.15. The average Bonchev–Trinajstić information content (AvgIpc) is 2.85. The quantitative estimate of drug-likeness (QED) is 0.703. The monoisotopic (exact) mass is 373 g/mol. The number of carbonyl (C=O) groups is 1. The summed E-state index contributed by atoms with van der Waals surface area (Å²) >= 11 is 1.51. The molecule has 0 saturated carbocycles. The molecule has 0 spiro atoms. The van der Waals surface area contributed by atoms with Crippen molar-refractivity contribution in [1.29, 1.82) is 0 Å². The topological polar surface area (TPSA) is 66.9 Å². The molecule has 2 heterocycles. The van der Waals surface area contributed by atoms with Gasteiger partial charge >= 0.3 is 0 Å². The molecule has 6 heteroatoms. The van der Waals surface area contributed by atoms with Gasteiger partial charge < -0.3 is 5.32 Å². The first-order valence-electron chi connectivity index (χ1n) is 9.42. The van der Waals surface area contributed by atoms with Gasteiger partial charge in [0.25, 0.3) is 5.56 Å². The zero-order valence-corrected chi connectivity index (χ0v) is 16.3. The Kier molecular flexibility index (Phi) is 6.25. The summed E-state index contributed by atoms with van der Waals surface area (Å²) in [5.74, 6) is 0.931. The lowest BCUT2D eigenvalue weighted by Crippen LogP contribution is -2.18. The van der Waals surface area contributed by atoms with Crippen LogP contribution in [-0.4, -0.2) is 21.4 Å². The van der Waals surface area contributed by atoms with Crippen molar-refractivity contribution in [2.75, 3.05) is 11.1 Å². The number of aromatic amines is 1. The number of anilines is 1. The van der Waals surface area contributed by atoms with E-state index < -0.39 is 0 Å². The third-order valence-electron chi connectivity index (χ3n) is 4.88. The molecule has 0 fully saturated rings. The number of amides is 1. The Labute approximate surface area is 158 Å². The second-order valence-electron chi connectivity index (χ2n) is 6.92. The van der Waals surface area contributed by atoms with Crippen molar-refractivity contribution in [3.63, 3.8) is 0 Å². The first-order valence-corrected chi connectivity index (χ1v) is 10.5. The van der Waals surface area contributed by atoms with Gasteiger partial charge in [0.1, 0.15) is 5.82 Å². The SMILES string of the molecule is CCCCCC[C@H](C)n1[nH]c(=O)c2c1NC(=O)CS[C@@H]2c1ccccc1. The number of nitrogens with zero attached hydrogens (tertiary/aromatic N) is 1. The van der Waals surface area contributed by atoms with Crippen LogP contribution in [0.25, 0.3) is 0 Å². The fourth-order valence-corrected chi connectivity index (χ4v) is 4.59. The van der Waals surface area contributed by atoms with Gasteiger partial charge in [0.05, 0.1) is 16.6 Å². The molecule has 0 bridgehead atoms. The van der Waals surface area contributed by atoms with Gasteiger partial charge in [-0.05, 0) is 18.9 Å². The number of H-pyrrole nitrogens is 1. The first-order chi connectivity index (χ1) is 12.6. The van der Waals surface area contributed by atoms with Crippen LogP contribution in [0.15, 0.2) is 35.1 Å². The third kappa shape index (κ3) is 4.06. The Balaban J connectivity index is 1.93. The van der Waals surface area contributed by atoms with Gasteiger partial charge in [-0.25, -0.2) is 0 Å². The van der Waals surface area contributed by atoms with E-state index in [1.807, 2.05) is 35.0 Å². The van der Waals surface area contributed by atoms with Gasteiger partial charge in [-0.1, -0.05) is 62.9 Å². The number of thioether (sulfide) groups is 1. The van der Waals surface area contributed by atoms with Crippen molar-refractivity contribution < 1.29 is 4.79 Å². The molecule has 0 aliphatic carbocycles. The minimum Gasteiger partial charge on any atom is -0.310 e. The summed E-state index contributed by atoms with van der Waals surface area (Å²) in [6.45, 7) is 4.30. The van der Waals surface area contributed by atoms with Gasteiger partial charge in [0.15, 0.2) is 0 Å². The number of hydrogen-bond acceptors (Lipinski definition) is 3. The Bertz CT molecular complexity index is 797.